The van der Waals surface area contributed by atoms with E-state index in [4.69, 9.17) is 23.1 Å². The van der Waals surface area contributed by atoms with E-state index >= 15 is 0 Å². The van der Waals surface area contributed by atoms with Crippen molar-refractivity contribution in [2.45, 2.75) is 6.92 Å². The fourth-order valence-corrected chi connectivity index (χ4v) is 1.40. The molecule has 16 heavy (non-hydrogen) atoms. The predicted molar refractivity (Wildman–Crippen MR) is 64.6 cm³/mol. The minimum Gasteiger partial charge on any atom is -0.448 e. The molecule has 0 unspecified atom stereocenters. The Kier molecular flexibility index (Phi) is 4.25. The van der Waals surface area contributed by atoms with Gasteiger partial charge < -0.3 is 21.5 Å². The zero-order valence-electron chi connectivity index (χ0n) is 8.92. The van der Waals surface area contributed by atoms with Crippen LogP contribution < -0.4 is 16.8 Å². The Morgan fingerprint density at radius 3 is 2.88 bits per heavy atom. The van der Waals surface area contributed by atoms with Gasteiger partial charge in [0.25, 0.3) is 0 Å². The van der Waals surface area contributed by atoms with Crippen molar-refractivity contribution < 1.29 is 9.53 Å². The highest BCUT2D eigenvalue weighted by Crippen LogP contribution is 2.26. The summed E-state index contributed by atoms with van der Waals surface area (Å²) in [4.78, 5) is 10.3. The molecule has 1 aromatic carbocycles. The lowest BCUT2D eigenvalue weighted by Crippen LogP contribution is -2.18. The summed E-state index contributed by atoms with van der Waals surface area (Å²) in [6, 6.07) is 3.51. The van der Waals surface area contributed by atoms with E-state index in [1.807, 2.05) is 6.92 Å². The maximum atomic E-state index is 10.3. The van der Waals surface area contributed by atoms with Gasteiger partial charge in [-0.05, 0) is 24.6 Å². The molecule has 0 aliphatic carbocycles. The Balaban J connectivity index is 2.54. The zero-order valence-corrected chi connectivity index (χ0v) is 9.67. The molecule has 1 rings (SSSR count). The third-order valence-electron chi connectivity index (χ3n) is 2.01. The molecule has 0 aliphatic heterocycles. The smallest absolute Gasteiger partial charge is 0.404 e. The Bertz CT molecular complexity index is 396. The Hall–Kier alpha value is -1.62. The second-order valence-electron chi connectivity index (χ2n) is 3.28. The highest BCUT2D eigenvalue weighted by Gasteiger charge is 2.03. The fourth-order valence-electron chi connectivity index (χ4n) is 1.23. The maximum absolute atomic E-state index is 10.3. The Morgan fingerprint density at radius 1 is 1.56 bits per heavy atom. The molecule has 6 heteroatoms. The summed E-state index contributed by atoms with van der Waals surface area (Å²) < 4.78 is 4.58. The standard InChI is InChI=1S/C10H14ClN3O2/c1-6-4-8(12)7(11)5-9(6)14-2-3-16-10(13)15/h4-5,14H,2-3,12H2,1H3,(H2,13,15). The van der Waals surface area contributed by atoms with Crippen LogP contribution in [-0.2, 0) is 4.74 Å². The lowest BCUT2D eigenvalue weighted by atomic mass is 10.2. The molecule has 0 aliphatic rings. The van der Waals surface area contributed by atoms with E-state index in [2.05, 4.69) is 10.1 Å². The number of ether oxygens (including phenoxy) is 1. The number of nitrogens with one attached hydrogen (secondary N) is 1. The fraction of sp³-hybridized carbons (Fsp3) is 0.300. The monoisotopic (exact) mass is 243 g/mol. The van der Waals surface area contributed by atoms with Gasteiger partial charge in [-0.2, -0.15) is 0 Å². The number of aryl methyl sites for hydroxylation is 1. The lowest BCUT2D eigenvalue weighted by Gasteiger charge is -2.11. The van der Waals surface area contributed by atoms with Crippen LogP contribution in [0.5, 0.6) is 0 Å². The number of nitrogens with two attached hydrogens (primary N) is 2. The van der Waals surface area contributed by atoms with Gasteiger partial charge in [0, 0.05) is 12.2 Å². The largest absolute Gasteiger partial charge is 0.448 e. The number of amides is 1. The number of benzene rings is 1. The summed E-state index contributed by atoms with van der Waals surface area (Å²) in [7, 11) is 0. The average Bonchev–Trinajstić information content (AvgIpc) is 2.19. The molecule has 0 saturated heterocycles. The first-order chi connectivity index (χ1) is 7.50. The van der Waals surface area contributed by atoms with E-state index in [0.29, 0.717) is 17.3 Å². The first-order valence-electron chi connectivity index (χ1n) is 4.72. The quantitative estimate of drug-likeness (QED) is 0.555. The number of rotatable bonds is 4. The van der Waals surface area contributed by atoms with Gasteiger partial charge in [-0.25, -0.2) is 4.79 Å². The number of hydrogen-bond acceptors (Lipinski definition) is 4. The van der Waals surface area contributed by atoms with Gasteiger partial charge in [-0.1, -0.05) is 11.6 Å². The average molecular weight is 244 g/mol. The molecular weight excluding hydrogens is 230 g/mol. The molecule has 1 amide bonds. The number of carbonyl (C=O) groups excluding carboxylic acids is 1. The van der Waals surface area contributed by atoms with Crippen LogP contribution in [0.2, 0.25) is 5.02 Å². The second kappa shape index (κ2) is 5.46. The molecule has 1 aromatic rings. The van der Waals surface area contributed by atoms with Crippen LogP contribution >= 0.6 is 11.6 Å². The van der Waals surface area contributed by atoms with Crippen molar-refractivity contribution in [1.29, 1.82) is 0 Å². The molecule has 0 saturated carbocycles. The third-order valence-corrected chi connectivity index (χ3v) is 2.33. The molecule has 88 valence electrons. The molecule has 5 nitrogen and oxygen atoms in total. The van der Waals surface area contributed by atoms with Crippen LogP contribution in [0.3, 0.4) is 0 Å². The molecular formula is C10H14ClN3O2. The first kappa shape index (κ1) is 12.4. The topological polar surface area (TPSA) is 90.4 Å². The molecule has 0 atom stereocenters. The van der Waals surface area contributed by atoms with Gasteiger partial charge >= 0.3 is 6.09 Å². The van der Waals surface area contributed by atoms with E-state index in [0.717, 1.165) is 11.3 Å². The van der Waals surface area contributed by atoms with Gasteiger partial charge in [-0.15, -0.1) is 0 Å². The first-order valence-corrected chi connectivity index (χ1v) is 5.10. The van der Waals surface area contributed by atoms with Gasteiger partial charge in [0.15, 0.2) is 0 Å². The van der Waals surface area contributed by atoms with E-state index < -0.39 is 6.09 Å². The molecule has 0 radical (unpaired) electrons. The van der Waals surface area contributed by atoms with Crippen LogP contribution in [-0.4, -0.2) is 19.2 Å². The van der Waals surface area contributed by atoms with Crippen LogP contribution in [0.15, 0.2) is 12.1 Å². The van der Waals surface area contributed by atoms with Crippen LogP contribution in [0, 0.1) is 6.92 Å². The number of primary amides is 1. The normalized spacial score (nSPS) is 9.88. The summed E-state index contributed by atoms with van der Waals surface area (Å²) in [6.45, 7) is 2.57. The van der Waals surface area contributed by atoms with Crippen LogP contribution in [0.1, 0.15) is 5.56 Å². The molecule has 5 N–H and O–H groups in total. The lowest BCUT2D eigenvalue weighted by molar-refractivity contribution is 0.161. The molecule has 0 fully saturated rings. The van der Waals surface area contributed by atoms with Crippen molar-refractivity contribution in [3.05, 3.63) is 22.7 Å². The number of nitrogen functional groups attached to an aromatic ring is 1. The Labute approximate surface area is 98.7 Å². The highest BCUT2D eigenvalue weighted by molar-refractivity contribution is 6.33. The summed E-state index contributed by atoms with van der Waals surface area (Å²) in [6.07, 6.45) is -0.783. The molecule has 0 aromatic heterocycles. The van der Waals surface area contributed by atoms with Gasteiger partial charge in [0.05, 0.1) is 10.7 Å². The van der Waals surface area contributed by atoms with Crippen molar-refractivity contribution in [2.75, 3.05) is 24.2 Å². The molecule has 0 spiro atoms. The number of anilines is 2. The zero-order chi connectivity index (χ0) is 12.1. The van der Waals surface area contributed by atoms with Crippen LogP contribution in [0.4, 0.5) is 16.2 Å². The third kappa shape index (κ3) is 3.51. The van der Waals surface area contributed by atoms with Crippen molar-refractivity contribution >= 4 is 29.1 Å². The summed E-state index contributed by atoms with van der Waals surface area (Å²) >= 11 is 5.88. The summed E-state index contributed by atoms with van der Waals surface area (Å²) in [5.74, 6) is 0. The van der Waals surface area contributed by atoms with Gasteiger partial charge in [0.2, 0.25) is 0 Å². The van der Waals surface area contributed by atoms with Gasteiger partial charge in [0.1, 0.15) is 6.61 Å². The van der Waals surface area contributed by atoms with E-state index in [1.165, 1.54) is 0 Å². The number of carbonyl (C=O) groups is 1. The second-order valence-corrected chi connectivity index (χ2v) is 3.69. The highest BCUT2D eigenvalue weighted by atomic mass is 35.5. The van der Waals surface area contributed by atoms with E-state index in [1.54, 1.807) is 12.1 Å². The van der Waals surface area contributed by atoms with Crippen molar-refractivity contribution in [2.24, 2.45) is 5.73 Å². The summed E-state index contributed by atoms with van der Waals surface area (Å²) in [5, 5.41) is 3.55. The predicted octanol–water partition coefficient (Wildman–Crippen LogP) is 1.74. The number of hydrogen-bond donors (Lipinski definition) is 3. The van der Waals surface area contributed by atoms with Crippen LogP contribution in [0.25, 0.3) is 0 Å². The molecule has 0 bridgehead atoms. The molecule has 0 heterocycles. The van der Waals surface area contributed by atoms with Crippen molar-refractivity contribution in [3.63, 3.8) is 0 Å². The van der Waals surface area contributed by atoms with E-state index in [9.17, 15) is 4.79 Å². The summed E-state index contributed by atoms with van der Waals surface area (Å²) in [5.41, 5.74) is 12.8. The van der Waals surface area contributed by atoms with Crippen molar-refractivity contribution in [3.8, 4) is 0 Å². The van der Waals surface area contributed by atoms with Crippen molar-refractivity contribution in [1.82, 2.24) is 0 Å². The minimum absolute atomic E-state index is 0.205. The minimum atomic E-state index is -0.783. The van der Waals surface area contributed by atoms with E-state index in [-0.39, 0.29) is 6.61 Å². The van der Waals surface area contributed by atoms with Gasteiger partial charge in [-0.3, -0.25) is 0 Å². The number of halogens is 1. The maximum Gasteiger partial charge on any atom is 0.404 e. The Morgan fingerprint density at radius 2 is 2.25 bits per heavy atom. The SMILES string of the molecule is Cc1cc(N)c(Cl)cc1NCCOC(N)=O.